The van der Waals surface area contributed by atoms with Gasteiger partial charge in [0.1, 0.15) is 0 Å². The molecule has 1 fully saturated rings. The van der Waals surface area contributed by atoms with Crippen LogP contribution in [0.4, 0.5) is 11.6 Å². The predicted molar refractivity (Wildman–Crippen MR) is 100 cm³/mol. The molecule has 1 aliphatic heterocycles. The number of aromatic nitrogens is 2. The normalized spacial score (nSPS) is 15.2. The maximum atomic E-state index is 12.4. The fourth-order valence-electron chi connectivity index (χ4n) is 3.01. The minimum atomic E-state index is -0.178. The number of amides is 1. The summed E-state index contributed by atoms with van der Waals surface area (Å²) in [5.41, 5.74) is 2.43. The maximum absolute atomic E-state index is 12.4. The van der Waals surface area contributed by atoms with Crippen LogP contribution in [-0.2, 0) is 6.42 Å². The van der Waals surface area contributed by atoms with Crippen LogP contribution in [0.2, 0.25) is 0 Å². The molecule has 0 saturated carbocycles. The number of nitrogens with zero attached hydrogens (tertiary/aromatic N) is 4. The number of anilines is 2. The lowest BCUT2D eigenvalue weighted by Gasteiger charge is -2.33. The summed E-state index contributed by atoms with van der Waals surface area (Å²) in [6.45, 7) is 9.21. The van der Waals surface area contributed by atoms with Gasteiger partial charge in [-0.3, -0.25) is 4.79 Å². The summed E-state index contributed by atoms with van der Waals surface area (Å²) in [5.74, 6) is 0.518. The molecular formula is C19H25N5O. The smallest absolute Gasteiger partial charge is 0.258 e. The van der Waals surface area contributed by atoms with Crippen molar-refractivity contribution in [3.05, 3.63) is 47.8 Å². The van der Waals surface area contributed by atoms with Gasteiger partial charge in [-0.25, -0.2) is 9.97 Å². The van der Waals surface area contributed by atoms with Crippen molar-refractivity contribution in [3.8, 4) is 0 Å². The molecule has 0 spiro atoms. The summed E-state index contributed by atoms with van der Waals surface area (Å²) in [7, 11) is 0. The van der Waals surface area contributed by atoms with E-state index in [1.165, 1.54) is 0 Å². The van der Waals surface area contributed by atoms with Crippen molar-refractivity contribution in [2.75, 3.05) is 42.9 Å². The Labute approximate surface area is 148 Å². The van der Waals surface area contributed by atoms with Crippen LogP contribution in [0.15, 0.2) is 36.7 Å². The van der Waals surface area contributed by atoms with E-state index in [1.807, 2.05) is 24.3 Å². The molecule has 0 atom stereocenters. The summed E-state index contributed by atoms with van der Waals surface area (Å²) in [6, 6.07) is 7.83. The lowest BCUT2D eigenvalue weighted by Crippen LogP contribution is -2.46. The van der Waals surface area contributed by atoms with E-state index in [2.05, 4.69) is 38.9 Å². The van der Waals surface area contributed by atoms with Crippen molar-refractivity contribution in [2.24, 2.45) is 0 Å². The van der Waals surface area contributed by atoms with E-state index < -0.39 is 0 Å². The summed E-state index contributed by atoms with van der Waals surface area (Å²) in [5, 5.41) is 2.95. The number of para-hydroxylation sites is 1. The average molecular weight is 339 g/mol. The molecule has 1 aromatic heterocycles. The van der Waals surface area contributed by atoms with Crippen LogP contribution >= 0.6 is 0 Å². The van der Waals surface area contributed by atoms with Crippen molar-refractivity contribution in [1.29, 1.82) is 0 Å². The van der Waals surface area contributed by atoms with Crippen LogP contribution in [0.1, 0.15) is 29.8 Å². The van der Waals surface area contributed by atoms with E-state index in [9.17, 15) is 4.79 Å². The van der Waals surface area contributed by atoms with Gasteiger partial charge < -0.3 is 15.1 Å². The monoisotopic (exact) mass is 339 g/mol. The van der Waals surface area contributed by atoms with Gasteiger partial charge >= 0.3 is 0 Å². The van der Waals surface area contributed by atoms with Crippen molar-refractivity contribution in [3.63, 3.8) is 0 Å². The Kier molecular flexibility index (Phi) is 5.60. The van der Waals surface area contributed by atoms with E-state index >= 15 is 0 Å². The van der Waals surface area contributed by atoms with E-state index in [0.717, 1.165) is 50.4 Å². The third kappa shape index (κ3) is 4.14. The molecule has 6 nitrogen and oxygen atoms in total. The SMILES string of the molecule is CCc1ccccc1NC(=O)c1cnc(N2CCN(CC)CC2)nc1. The highest BCUT2D eigenvalue weighted by Crippen LogP contribution is 2.17. The Hall–Kier alpha value is -2.47. The number of hydrogen-bond donors (Lipinski definition) is 1. The molecule has 25 heavy (non-hydrogen) atoms. The second-order valence-corrected chi connectivity index (χ2v) is 6.16. The first-order valence-corrected chi connectivity index (χ1v) is 8.89. The molecule has 6 heteroatoms. The molecule has 0 bridgehead atoms. The Morgan fingerprint density at radius 3 is 2.40 bits per heavy atom. The Balaban J connectivity index is 1.65. The minimum Gasteiger partial charge on any atom is -0.338 e. The lowest BCUT2D eigenvalue weighted by atomic mass is 10.1. The van der Waals surface area contributed by atoms with Gasteiger partial charge in [0.25, 0.3) is 5.91 Å². The van der Waals surface area contributed by atoms with Gasteiger partial charge in [0.2, 0.25) is 5.95 Å². The third-order valence-electron chi connectivity index (χ3n) is 4.65. The van der Waals surface area contributed by atoms with E-state index in [4.69, 9.17) is 0 Å². The molecule has 0 unspecified atom stereocenters. The molecule has 1 amide bonds. The van der Waals surface area contributed by atoms with Crippen LogP contribution in [0.25, 0.3) is 0 Å². The van der Waals surface area contributed by atoms with Crippen LogP contribution in [0.5, 0.6) is 0 Å². The van der Waals surface area contributed by atoms with Gasteiger partial charge in [-0.15, -0.1) is 0 Å². The molecular weight excluding hydrogens is 314 g/mol. The van der Waals surface area contributed by atoms with Crippen molar-refractivity contribution < 1.29 is 4.79 Å². The highest BCUT2D eigenvalue weighted by atomic mass is 16.1. The second kappa shape index (κ2) is 8.07. The number of piperazine rings is 1. The summed E-state index contributed by atoms with van der Waals surface area (Å²) < 4.78 is 0. The standard InChI is InChI=1S/C19H25N5O/c1-3-15-7-5-6-8-17(15)22-18(25)16-13-20-19(21-14-16)24-11-9-23(4-2)10-12-24/h5-8,13-14H,3-4,9-12H2,1-2H3,(H,22,25). The first-order valence-electron chi connectivity index (χ1n) is 8.89. The molecule has 0 aliphatic carbocycles. The zero-order chi connectivity index (χ0) is 17.6. The van der Waals surface area contributed by atoms with Gasteiger partial charge in [-0.2, -0.15) is 0 Å². The fourth-order valence-corrected chi connectivity index (χ4v) is 3.01. The summed E-state index contributed by atoms with van der Waals surface area (Å²) in [4.78, 5) is 25.8. The number of carbonyl (C=O) groups excluding carboxylic acids is 1. The molecule has 1 aromatic carbocycles. The van der Waals surface area contributed by atoms with Crippen molar-refractivity contribution >= 4 is 17.5 Å². The van der Waals surface area contributed by atoms with Gasteiger partial charge in [0.05, 0.1) is 5.56 Å². The molecule has 2 heterocycles. The molecule has 0 radical (unpaired) electrons. The number of carbonyl (C=O) groups is 1. The van der Waals surface area contributed by atoms with E-state index in [1.54, 1.807) is 12.4 Å². The number of hydrogen-bond acceptors (Lipinski definition) is 5. The number of benzene rings is 1. The average Bonchev–Trinajstić information content (AvgIpc) is 2.68. The van der Waals surface area contributed by atoms with Gasteiger partial charge in [0.15, 0.2) is 0 Å². The lowest BCUT2D eigenvalue weighted by molar-refractivity contribution is 0.102. The Morgan fingerprint density at radius 1 is 1.08 bits per heavy atom. The highest BCUT2D eigenvalue weighted by molar-refractivity contribution is 6.04. The first-order chi connectivity index (χ1) is 12.2. The number of likely N-dealkylation sites (N-methyl/N-ethyl adjacent to an activating group) is 1. The maximum Gasteiger partial charge on any atom is 0.258 e. The second-order valence-electron chi connectivity index (χ2n) is 6.16. The topological polar surface area (TPSA) is 61.4 Å². The van der Waals surface area contributed by atoms with Crippen LogP contribution in [0.3, 0.4) is 0 Å². The van der Waals surface area contributed by atoms with E-state index in [-0.39, 0.29) is 5.91 Å². The molecule has 1 aliphatic rings. The van der Waals surface area contributed by atoms with E-state index in [0.29, 0.717) is 11.5 Å². The predicted octanol–water partition coefficient (Wildman–Crippen LogP) is 2.43. The van der Waals surface area contributed by atoms with Crippen LogP contribution < -0.4 is 10.2 Å². The van der Waals surface area contributed by atoms with Crippen molar-refractivity contribution in [1.82, 2.24) is 14.9 Å². The Morgan fingerprint density at radius 2 is 1.76 bits per heavy atom. The third-order valence-corrected chi connectivity index (χ3v) is 4.65. The van der Waals surface area contributed by atoms with Crippen molar-refractivity contribution in [2.45, 2.75) is 20.3 Å². The minimum absolute atomic E-state index is 0.178. The molecule has 132 valence electrons. The zero-order valence-electron chi connectivity index (χ0n) is 14.9. The first kappa shape index (κ1) is 17.4. The molecule has 3 rings (SSSR count). The number of nitrogens with one attached hydrogen (secondary N) is 1. The molecule has 1 saturated heterocycles. The zero-order valence-corrected chi connectivity index (χ0v) is 14.9. The number of rotatable bonds is 5. The van der Waals surface area contributed by atoms with Gasteiger partial charge in [-0.1, -0.05) is 32.0 Å². The quantitative estimate of drug-likeness (QED) is 0.906. The fraction of sp³-hybridized carbons (Fsp3) is 0.421. The highest BCUT2D eigenvalue weighted by Gasteiger charge is 2.18. The summed E-state index contributed by atoms with van der Waals surface area (Å²) in [6.07, 6.45) is 4.09. The summed E-state index contributed by atoms with van der Waals surface area (Å²) >= 11 is 0. The largest absolute Gasteiger partial charge is 0.338 e. The van der Waals surface area contributed by atoms with Gasteiger partial charge in [-0.05, 0) is 24.6 Å². The van der Waals surface area contributed by atoms with Crippen LogP contribution in [0, 0.1) is 0 Å². The molecule has 2 aromatic rings. The van der Waals surface area contributed by atoms with Gasteiger partial charge in [0, 0.05) is 44.3 Å². The molecule has 1 N–H and O–H groups in total. The Bertz CT molecular complexity index is 708. The van der Waals surface area contributed by atoms with Crippen LogP contribution in [-0.4, -0.2) is 53.5 Å². The number of aryl methyl sites for hydroxylation is 1.